The molecule has 0 bridgehead atoms. The van der Waals surface area contributed by atoms with E-state index in [0.29, 0.717) is 6.61 Å². The molecule has 0 radical (unpaired) electrons. The summed E-state index contributed by atoms with van der Waals surface area (Å²) >= 11 is 0. The first-order valence-corrected chi connectivity index (χ1v) is 9.53. The third-order valence-corrected chi connectivity index (χ3v) is 5.60. The molecule has 0 amide bonds. The van der Waals surface area contributed by atoms with Crippen LogP contribution >= 0.6 is 0 Å². The summed E-state index contributed by atoms with van der Waals surface area (Å²) in [6, 6.07) is 12.7. The van der Waals surface area contributed by atoms with E-state index in [9.17, 15) is 0 Å². The third kappa shape index (κ3) is 2.98. The second kappa shape index (κ2) is 6.43. The number of hydrogen-bond donors (Lipinski definition) is 0. The Balaban J connectivity index is 1.44. The first-order valence-electron chi connectivity index (χ1n) is 9.53. The van der Waals surface area contributed by atoms with Crippen molar-refractivity contribution >= 4 is 23.0 Å². The number of nitrogens with zero attached hydrogens (tertiary/aromatic N) is 4. The Hall–Kier alpha value is -2.79. The molecule has 5 rings (SSSR count). The predicted octanol–water partition coefficient (Wildman–Crippen LogP) is 3.33. The van der Waals surface area contributed by atoms with E-state index < -0.39 is 0 Å². The number of ether oxygens (including phenoxy) is 1. The molecule has 138 valence electrons. The van der Waals surface area contributed by atoms with Crippen LogP contribution in [0.3, 0.4) is 0 Å². The average molecular weight is 360 g/mol. The maximum atomic E-state index is 6.11. The Morgan fingerprint density at radius 2 is 1.89 bits per heavy atom. The molecule has 2 aromatic heterocycles. The van der Waals surface area contributed by atoms with Gasteiger partial charge in [-0.3, -0.25) is 0 Å². The van der Waals surface area contributed by atoms with Crippen LogP contribution in [0.25, 0.3) is 17.3 Å². The van der Waals surface area contributed by atoms with E-state index in [0.717, 1.165) is 54.4 Å². The molecular formula is C22H24N4O. The van der Waals surface area contributed by atoms with Crippen molar-refractivity contribution in [1.82, 2.24) is 14.3 Å². The summed E-state index contributed by atoms with van der Waals surface area (Å²) in [5.41, 5.74) is 6.64. The van der Waals surface area contributed by atoms with Crippen molar-refractivity contribution in [2.24, 2.45) is 0 Å². The average Bonchev–Trinajstić information content (AvgIpc) is 3.14. The number of piperazine rings is 1. The summed E-state index contributed by atoms with van der Waals surface area (Å²) in [6.45, 7) is 7.00. The fourth-order valence-corrected chi connectivity index (χ4v) is 3.86. The molecule has 27 heavy (non-hydrogen) atoms. The van der Waals surface area contributed by atoms with Crippen LogP contribution in [0.15, 0.2) is 42.6 Å². The second-order valence-corrected chi connectivity index (χ2v) is 7.49. The van der Waals surface area contributed by atoms with Crippen molar-refractivity contribution in [2.75, 3.05) is 44.7 Å². The zero-order valence-corrected chi connectivity index (χ0v) is 15.9. The summed E-state index contributed by atoms with van der Waals surface area (Å²) in [6.07, 6.45) is 4.31. The summed E-state index contributed by atoms with van der Waals surface area (Å²) in [4.78, 5) is 9.58. The van der Waals surface area contributed by atoms with E-state index in [4.69, 9.17) is 9.72 Å². The molecule has 5 nitrogen and oxygen atoms in total. The first-order chi connectivity index (χ1) is 13.2. The molecule has 2 aliphatic rings. The van der Waals surface area contributed by atoms with E-state index in [1.165, 1.54) is 11.4 Å². The van der Waals surface area contributed by atoms with E-state index in [1.54, 1.807) is 0 Å². The number of aryl methyl sites for hydroxylation is 1. The molecular weight excluding hydrogens is 336 g/mol. The Morgan fingerprint density at radius 3 is 2.70 bits per heavy atom. The van der Waals surface area contributed by atoms with Gasteiger partial charge in [0.05, 0.1) is 5.69 Å². The monoisotopic (exact) mass is 360 g/mol. The lowest BCUT2D eigenvalue weighted by molar-refractivity contribution is 0.312. The van der Waals surface area contributed by atoms with Gasteiger partial charge in [-0.15, -0.1) is 0 Å². The lowest BCUT2D eigenvalue weighted by atomic mass is 10.0. The number of likely N-dealkylation sites (N-methyl/N-ethyl adjacent to an activating group) is 1. The Morgan fingerprint density at radius 1 is 1.04 bits per heavy atom. The number of fused-ring (bicyclic) bond motifs is 2. The van der Waals surface area contributed by atoms with Crippen LogP contribution in [0.2, 0.25) is 0 Å². The van der Waals surface area contributed by atoms with E-state index in [2.05, 4.69) is 64.7 Å². The smallest absolute Gasteiger partial charge is 0.137 e. The number of pyridine rings is 1. The van der Waals surface area contributed by atoms with Crippen LogP contribution in [0.1, 0.15) is 17.0 Å². The van der Waals surface area contributed by atoms with Crippen LogP contribution in [0, 0.1) is 6.92 Å². The topological polar surface area (TPSA) is 33.0 Å². The quantitative estimate of drug-likeness (QED) is 0.702. The molecule has 3 aromatic rings. The van der Waals surface area contributed by atoms with Crippen molar-refractivity contribution in [1.29, 1.82) is 0 Å². The highest BCUT2D eigenvalue weighted by atomic mass is 16.5. The SMILES string of the molecule is Cc1cccc2nc(C3=Cc4ccc(N5CCN(C)CC5)cc4OC3)cn12. The van der Waals surface area contributed by atoms with Crippen LogP contribution in [0.4, 0.5) is 5.69 Å². The van der Waals surface area contributed by atoms with Gasteiger partial charge in [0.1, 0.15) is 18.0 Å². The maximum Gasteiger partial charge on any atom is 0.137 e. The van der Waals surface area contributed by atoms with Crippen molar-refractivity contribution < 1.29 is 4.74 Å². The zero-order valence-electron chi connectivity index (χ0n) is 15.9. The number of imidazole rings is 1. The van der Waals surface area contributed by atoms with Crippen LogP contribution in [-0.2, 0) is 0 Å². The minimum Gasteiger partial charge on any atom is -0.488 e. The molecule has 5 heteroatoms. The Kier molecular flexibility index (Phi) is 3.90. The number of aromatic nitrogens is 2. The minimum absolute atomic E-state index is 0.558. The number of hydrogen-bond acceptors (Lipinski definition) is 4. The maximum absolute atomic E-state index is 6.11. The van der Waals surface area contributed by atoms with E-state index in [-0.39, 0.29) is 0 Å². The standard InChI is InChI=1S/C22H24N4O/c1-16-4-3-5-22-23-20(14-26(16)22)18-12-17-6-7-19(13-21(17)27-15-18)25-10-8-24(2)9-11-25/h3-7,12-14H,8-11,15H2,1-2H3. The normalized spacial score (nSPS) is 17.6. The van der Waals surface area contributed by atoms with Gasteiger partial charge < -0.3 is 18.9 Å². The van der Waals surface area contributed by atoms with E-state index in [1.807, 2.05) is 12.1 Å². The highest BCUT2D eigenvalue weighted by molar-refractivity contribution is 5.85. The number of benzene rings is 1. The molecule has 1 aromatic carbocycles. The fourth-order valence-electron chi connectivity index (χ4n) is 3.86. The Bertz CT molecular complexity index is 1030. The lowest BCUT2D eigenvalue weighted by Crippen LogP contribution is -2.44. The van der Waals surface area contributed by atoms with Crippen molar-refractivity contribution in [3.05, 3.63) is 59.5 Å². The molecule has 4 heterocycles. The molecule has 0 saturated carbocycles. The van der Waals surface area contributed by atoms with Gasteiger partial charge >= 0.3 is 0 Å². The van der Waals surface area contributed by atoms with Gasteiger partial charge in [-0.25, -0.2) is 4.98 Å². The fraction of sp³-hybridized carbons (Fsp3) is 0.318. The molecule has 0 N–H and O–H groups in total. The molecule has 0 aliphatic carbocycles. The largest absolute Gasteiger partial charge is 0.488 e. The van der Waals surface area contributed by atoms with Gasteiger partial charge in [-0.05, 0) is 44.3 Å². The molecule has 1 saturated heterocycles. The molecule has 0 unspecified atom stereocenters. The number of rotatable bonds is 2. The highest BCUT2D eigenvalue weighted by Crippen LogP contribution is 2.34. The van der Waals surface area contributed by atoms with Crippen molar-refractivity contribution in [3.8, 4) is 5.75 Å². The molecule has 0 spiro atoms. The van der Waals surface area contributed by atoms with Crippen LogP contribution in [-0.4, -0.2) is 54.1 Å². The summed E-state index contributed by atoms with van der Waals surface area (Å²) in [7, 11) is 2.18. The molecule has 2 aliphatic heterocycles. The van der Waals surface area contributed by atoms with Gasteiger partial charge in [0.25, 0.3) is 0 Å². The molecule has 0 atom stereocenters. The number of anilines is 1. The van der Waals surface area contributed by atoms with Crippen LogP contribution in [0.5, 0.6) is 5.75 Å². The van der Waals surface area contributed by atoms with Gasteiger partial charge in [0, 0.05) is 61.0 Å². The van der Waals surface area contributed by atoms with Gasteiger partial charge in [-0.1, -0.05) is 6.07 Å². The third-order valence-electron chi connectivity index (χ3n) is 5.60. The zero-order chi connectivity index (χ0) is 18.4. The summed E-state index contributed by atoms with van der Waals surface area (Å²) < 4.78 is 8.24. The van der Waals surface area contributed by atoms with E-state index >= 15 is 0 Å². The summed E-state index contributed by atoms with van der Waals surface area (Å²) in [5, 5.41) is 0. The van der Waals surface area contributed by atoms with Crippen molar-refractivity contribution in [2.45, 2.75) is 6.92 Å². The lowest BCUT2D eigenvalue weighted by Gasteiger charge is -2.34. The molecule has 1 fully saturated rings. The first kappa shape index (κ1) is 16.4. The van der Waals surface area contributed by atoms with Crippen molar-refractivity contribution in [3.63, 3.8) is 0 Å². The predicted molar refractivity (Wildman–Crippen MR) is 109 cm³/mol. The summed E-state index contributed by atoms with van der Waals surface area (Å²) in [5.74, 6) is 0.968. The Labute approximate surface area is 159 Å². The van der Waals surface area contributed by atoms with Crippen LogP contribution < -0.4 is 9.64 Å². The highest BCUT2D eigenvalue weighted by Gasteiger charge is 2.19. The second-order valence-electron chi connectivity index (χ2n) is 7.49. The van der Waals surface area contributed by atoms with Gasteiger partial charge in [0.2, 0.25) is 0 Å². The van der Waals surface area contributed by atoms with Gasteiger partial charge in [0.15, 0.2) is 0 Å². The van der Waals surface area contributed by atoms with Gasteiger partial charge in [-0.2, -0.15) is 0 Å². The minimum atomic E-state index is 0.558.